The zero-order chi connectivity index (χ0) is 20.2. The van der Waals surface area contributed by atoms with Crippen molar-refractivity contribution in [3.63, 3.8) is 0 Å². The van der Waals surface area contributed by atoms with Crippen molar-refractivity contribution in [2.45, 2.75) is 32.7 Å². The van der Waals surface area contributed by atoms with Gasteiger partial charge in [-0.15, -0.1) is 0 Å². The van der Waals surface area contributed by atoms with Crippen molar-refractivity contribution in [3.8, 4) is 11.3 Å². The third kappa shape index (κ3) is 4.31. The predicted octanol–water partition coefficient (Wildman–Crippen LogP) is 2.80. The van der Waals surface area contributed by atoms with Crippen LogP contribution in [-0.2, 0) is 16.1 Å². The molecule has 0 radical (unpaired) electrons. The molecule has 0 saturated carbocycles. The van der Waals surface area contributed by atoms with Crippen molar-refractivity contribution < 1.29 is 9.59 Å². The number of aryl methyl sites for hydroxylation is 2. The number of carbonyl (C=O) groups excluding carboxylic acids is 2. The number of hydrogen-bond acceptors (Lipinski definition) is 5. The third-order valence-electron chi connectivity index (χ3n) is 4.82. The summed E-state index contributed by atoms with van der Waals surface area (Å²) in [7, 11) is 0. The predicted molar refractivity (Wildman–Crippen MR) is 109 cm³/mol. The Hall–Kier alpha value is -3.55. The van der Waals surface area contributed by atoms with Gasteiger partial charge in [-0.2, -0.15) is 5.10 Å². The fourth-order valence-corrected chi connectivity index (χ4v) is 3.42. The topological polar surface area (TPSA) is 93.0 Å². The molecule has 0 fully saturated rings. The maximum Gasteiger partial charge on any atom is 0.228 e. The van der Waals surface area contributed by atoms with Gasteiger partial charge in [0.1, 0.15) is 12.1 Å². The summed E-state index contributed by atoms with van der Waals surface area (Å²) in [4.78, 5) is 34.7. The minimum absolute atomic E-state index is 0.0555. The molecule has 1 N–H and O–H groups in total. The van der Waals surface area contributed by atoms with Gasteiger partial charge in [-0.25, -0.2) is 14.6 Å². The van der Waals surface area contributed by atoms with Crippen LogP contribution in [0.15, 0.2) is 48.9 Å². The Bertz CT molecular complexity index is 1010. The Labute approximate surface area is 168 Å². The molecule has 29 heavy (non-hydrogen) atoms. The normalized spacial score (nSPS) is 13.1. The highest BCUT2D eigenvalue weighted by Crippen LogP contribution is 2.23. The van der Waals surface area contributed by atoms with E-state index in [4.69, 9.17) is 0 Å². The van der Waals surface area contributed by atoms with E-state index < -0.39 is 0 Å². The largest absolute Gasteiger partial charge is 0.326 e. The molecule has 0 unspecified atom stereocenters. The summed E-state index contributed by atoms with van der Waals surface area (Å²) in [6, 6.07) is 11.2. The van der Waals surface area contributed by atoms with Crippen LogP contribution >= 0.6 is 0 Å². The second-order valence-electron chi connectivity index (χ2n) is 6.99. The zero-order valence-electron chi connectivity index (χ0n) is 16.2. The molecule has 2 aromatic heterocycles. The maximum absolute atomic E-state index is 12.6. The Kier molecular flexibility index (Phi) is 5.33. The van der Waals surface area contributed by atoms with E-state index in [1.165, 1.54) is 6.33 Å². The second kappa shape index (κ2) is 8.22. The van der Waals surface area contributed by atoms with E-state index in [0.29, 0.717) is 12.2 Å². The van der Waals surface area contributed by atoms with Crippen LogP contribution in [0.2, 0.25) is 0 Å². The van der Waals surface area contributed by atoms with Crippen LogP contribution < -0.4 is 10.2 Å². The van der Waals surface area contributed by atoms with Crippen LogP contribution in [0, 0.1) is 6.92 Å². The number of aromatic nitrogens is 4. The second-order valence-corrected chi connectivity index (χ2v) is 6.99. The van der Waals surface area contributed by atoms with E-state index in [-0.39, 0.29) is 24.7 Å². The van der Waals surface area contributed by atoms with Crippen LogP contribution in [0.4, 0.5) is 11.5 Å². The van der Waals surface area contributed by atoms with E-state index in [1.54, 1.807) is 11.1 Å². The fraction of sp³-hybridized carbons (Fsp3) is 0.286. The van der Waals surface area contributed by atoms with Crippen molar-refractivity contribution in [2.75, 3.05) is 16.8 Å². The van der Waals surface area contributed by atoms with Gasteiger partial charge in [-0.05, 0) is 31.5 Å². The van der Waals surface area contributed by atoms with Gasteiger partial charge < -0.3 is 5.32 Å². The minimum atomic E-state index is -0.185. The molecule has 3 heterocycles. The van der Waals surface area contributed by atoms with Crippen molar-refractivity contribution in [1.29, 1.82) is 0 Å². The van der Waals surface area contributed by atoms with E-state index in [1.807, 2.05) is 48.0 Å². The lowest BCUT2D eigenvalue weighted by Crippen LogP contribution is -2.37. The first kappa shape index (κ1) is 18.8. The summed E-state index contributed by atoms with van der Waals surface area (Å²) >= 11 is 0. The smallest absolute Gasteiger partial charge is 0.228 e. The van der Waals surface area contributed by atoms with Crippen LogP contribution in [0.5, 0.6) is 0 Å². The lowest BCUT2D eigenvalue weighted by Gasteiger charge is -2.27. The maximum atomic E-state index is 12.6. The fourth-order valence-electron chi connectivity index (χ4n) is 3.42. The van der Waals surface area contributed by atoms with Gasteiger partial charge in [-0.3, -0.25) is 14.5 Å². The molecular formula is C21H22N6O2. The SMILES string of the molecule is Cc1cc2n(n1)CCCN2C(=O)CCC(=O)Nc1ccc(-c2ccncn2)cc1. The minimum Gasteiger partial charge on any atom is -0.326 e. The third-order valence-corrected chi connectivity index (χ3v) is 4.82. The van der Waals surface area contributed by atoms with Crippen molar-refractivity contribution in [3.05, 3.63) is 54.6 Å². The number of anilines is 2. The molecule has 1 aliphatic heterocycles. The molecule has 148 valence electrons. The number of rotatable bonds is 5. The molecule has 1 aromatic carbocycles. The number of carbonyl (C=O) groups is 2. The number of amides is 2. The Balaban J connectivity index is 1.32. The van der Waals surface area contributed by atoms with Crippen molar-refractivity contribution >= 4 is 23.3 Å². The van der Waals surface area contributed by atoms with Gasteiger partial charge >= 0.3 is 0 Å². The molecule has 8 heteroatoms. The number of fused-ring (bicyclic) bond motifs is 1. The standard InChI is InChI=1S/C21H22N6O2/c1-15-13-20-26(11-2-12-27(20)25-15)21(29)8-7-19(28)24-17-5-3-16(4-6-17)18-9-10-22-14-23-18/h3-6,9-10,13-14H,2,7-8,11-12H2,1H3,(H,24,28). The van der Waals surface area contributed by atoms with Crippen LogP contribution in [0.3, 0.4) is 0 Å². The summed E-state index contributed by atoms with van der Waals surface area (Å²) < 4.78 is 1.86. The van der Waals surface area contributed by atoms with Crippen molar-refractivity contribution in [2.24, 2.45) is 0 Å². The summed E-state index contributed by atoms with van der Waals surface area (Å²) in [6.45, 7) is 3.39. The highest BCUT2D eigenvalue weighted by atomic mass is 16.2. The average molecular weight is 390 g/mol. The van der Waals surface area contributed by atoms with Gasteiger partial charge in [-0.1, -0.05) is 12.1 Å². The van der Waals surface area contributed by atoms with Gasteiger partial charge in [0.15, 0.2) is 0 Å². The monoisotopic (exact) mass is 390 g/mol. The first-order valence-electron chi connectivity index (χ1n) is 9.61. The van der Waals surface area contributed by atoms with Gasteiger partial charge in [0.05, 0.1) is 11.4 Å². The Morgan fingerprint density at radius 1 is 1.10 bits per heavy atom. The molecule has 3 aromatic rings. The molecule has 2 amide bonds. The number of benzene rings is 1. The number of nitrogens with zero attached hydrogens (tertiary/aromatic N) is 5. The molecule has 0 spiro atoms. The highest BCUT2D eigenvalue weighted by Gasteiger charge is 2.24. The molecule has 0 saturated heterocycles. The lowest BCUT2D eigenvalue weighted by atomic mass is 10.1. The summed E-state index contributed by atoms with van der Waals surface area (Å²) in [5, 5.41) is 7.24. The first-order chi connectivity index (χ1) is 14.1. The van der Waals surface area contributed by atoms with Crippen molar-refractivity contribution in [1.82, 2.24) is 19.7 Å². The Morgan fingerprint density at radius 3 is 2.69 bits per heavy atom. The van der Waals surface area contributed by atoms with E-state index in [9.17, 15) is 9.59 Å². The first-order valence-corrected chi connectivity index (χ1v) is 9.61. The molecule has 0 bridgehead atoms. The molecule has 4 rings (SSSR count). The average Bonchev–Trinajstić information content (AvgIpc) is 3.13. The van der Waals surface area contributed by atoms with Gasteiger partial charge in [0, 0.05) is 49.4 Å². The highest BCUT2D eigenvalue weighted by molar-refractivity contribution is 5.97. The number of hydrogen-bond donors (Lipinski definition) is 1. The van der Waals surface area contributed by atoms with Crippen LogP contribution in [0.25, 0.3) is 11.3 Å². The van der Waals surface area contributed by atoms with E-state index in [0.717, 1.165) is 35.7 Å². The zero-order valence-corrected chi connectivity index (χ0v) is 16.2. The summed E-state index contributed by atoms with van der Waals surface area (Å²) in [5.41, 5.74) is 3.34. The van der Waals surface area contributed by atoms with Gasteiger partial charge in [0.25, 0.3) is 0 Å². The van der Waals surface area contributed by atoms with Crippen LogP contribution in [0.1, 0.15) is 25.0 Å². The lowest BCUT2D eigenvalue weighted by molar-refractivity contribution is -0.122. The summed E-state index contributed by atoms with van der Waals surface area (Å²) in [6.07, 6.45) is 4.35. The van der Waals surface area contributed by atoms with Crippen LogP contribution in [-0.4, -0.2) is 38.1 Å². The summed E-state index contributed by atoms with van der Waals surface area (Å²) in [5.74, 6) is 0.578. The Morgan fingerprint density at radius 2 is 1.93 bits per heavy atom. The molecule has 8 nitrogen and oxygen atoms in total. The van der Waals surface area contributed by atoms with E-state index >= 15 is 0 Å². The quantitative estimate of drug-likeness (QED) is 0.723. The number of nitrogens with one attached hydrogen (secondary N) is 1. The molecule has 0 aliphatic carbocycles. The molecule has 1 aliphatic rings. The molecule has 0 atom stereocenters. The molecular weight excluding hydrogens is 368 g/mol. The van der Waals surface area contributed by atoms with Gasteiger partial charge in [0.2, 0.25) is 11.8 Å². The van der Waals surface area contributed by atoms with E-state index in [2.05, 4.69) is 20.4 Å².